The van der Waals surface area contributed by atoms with Crippen molar-refractivity contribution >= 4 is 17.5 Å². The number of nitrogens with one attached hydrogen (secondary N) is 2. The molecule has 0 fully saturated rings. The molecule has 0 spiro atoms. The second kappa shape index (κ2) is 7.11. The molecular weight excluding hydrogens is 304 g/mol. The number of amides is 2. The first-order chi connectivity index (χ1) is 11.0. The van der Waals surface area contributed by atoms with Crippen molar-refractivity contribution in [3.05, 3.63) is 46.5 Å². The standard InChI is InChI=1S/C13H14N6O4/c1-2-15-12(20)6-16-13(21)9-3-4-10(11(5-9)19(22)23)18-8-14-7-17-18/h3-5,7-8H,2,6H2,1H3,(H,15,20)(H,16,21). The first-order valence-electron chi connectivity index (χ1n) is 6.71. The summed E-state index contributed by atoms with van der Waals surface area (Å²) in [5.41, 5.74) is -0.0289. The van der Waals surface area contributed by atoms with Crippen molar-refractivity contribution in [1.29, 1.82) is 0 Å². The first-order valence-corrected chi connectivity index (χ1v) is 6.71. The third-order valence-corrected chi connectivity index (χ3v) is 2.88. The summed E-state index contributed by atoms with van der Waals surface area (Å²) in [6, 6.07) is 3.94. The van der Waals surface area contributed by atoms with E-state index in [1.165, 1.54) is 29.5 Å². The fourth-order valence-electron chi connectivity index (χ4n) is 1.86. The number of benzene rings is 1. The molecule has 1 aromatic carbocycles. The van der Waals surface area contributed by atoms with Gasteiger partial charge in [-0.2, -0.15) is 5.10 Å². The van der Waals surface area contributed by atoms with E-state index in [1.54, 1.807) is 6.92 Å². The van der Waals surface area contributed by atoms with E-state index in [2.05, 4.69) is 20.7 Å². The van der Waals surface area contributed by atoms with E-state index < -0.39 is 10.8 Å². The van der Waals surface area contributed by atoms with Crippen molar-refractivity contribution < 1.29 is 14.5 Å². The Morgan fingerprint density at radius 2 is 2.13 bits per heavy atom. The molecule has 0 aliphatic carbocycles. The second-order valence-corrected chi connectivity index (χ2v) is 4.44. The van der Waals surface area contributed by atoms with Gasteiger partial charge < -0.3 is 10.6 Å². The van der Waals surface area contributed by atoms with Crippen LogP contribution in [0.25, 0.3) is 5.69 Å². The highest BCUT2D eigenvalue weighted by Crippen LogP contribution is 2.23. The van der Waals surface area contributed by atoms with Crippen molar-refractivity contribution in [2.24, 2.45) is 0 Å². The Morgan fingerprint density at radius 1 is 1.35 bits per heavy atom. The summed E-state index contributed by atoms with van der Waals surface area (Å²) in [7, 11) is 0. The molecule has 2 N–H and O–H groups in total. The van der Waals surface area contributed by atoms with Gasteiger partial charge in [-0.3, -0.25) is 19.7 Å². The molecule has 0 aliphatic rings. The summed E-state index contributed by atoms with van der Waals surface area (Å²) in [4.78, 5) is 37.6. The molecular formula is C13H14N6O4. The van der Waals surface area contributed by atoms with Gasteiger partial charge in [-0.05, 0) is 19.1 Å². The van der Waals surface area contributed by atoms with Crippen molar-refractivity contribution in [3.63, 3.8) is 0 Å². The highest BCUT2D eigenvalue weighted by Gasteiger charge is 2.19. The highest BCUT2D eigenvalue weighted by atomic mass is 16.6. The maximum atomic E-state index is 12.0. The Balaban J connectivity index is 2.21. The van der Waals surface area contributed by atoms with Crippen LogP contribution in [0.4, 0.5) is 5.69 Å². The van der Waals surface area contributed by atoms with E-state index in [-0.39, 0.29) is 29.4 Å². The Hall–Kier alpha value is -3.30. The topological polar surface area (TPSA) is 132 Å². The van der Waals surface area contributed by atoms with Crippen LogP contribution in [0, 0.1) is 10.1 Å². The van der Waals surface area contributed by atoms with Gasteiger partial charge in [0.1, 0.15) is 18.3 Å². The summed E-state index contributed by atoms with van der Waals surface area (Å²) < 4.78 is 1.23. The van der Waals surface area contributed by atoms with Gasteiger partial charge in [-0.25, -0.2) is 9.67 Å². The van der Waals surface area contributed by atoms with Crippen LogP contribution in [0.1, 0.15) is 17.3 Å². The maximum absolute atomic E-state index is 12.0. The summed E-state index contributed by atoms with van der Waals surface area (Å²) >= 11 is 0. The van der Waals surface area contributed by atoms with Gasteiger partial charge in [0.05, 0.1) is 11.5 Å². The number of nitrogens with zero attached hydrogens (tertiary/aromatic N) is 4. The number of likely N-dealkylation sites (N-methyl/N-ethyl adjacent to an activating group) is 1. The van der Waals surface area contributed by atoms with Crippen LogP contribution < -0.4 is 10.6 Å². The van der Waals surface area contributed by atoms with Gasteiger partial charge in [-0.1, -0.05) is 0 Å². The summed E-state index contributed by atoms with van der Waals surface area (Å²) in [5.74, 6) is -0.918. The molecule has 2 aromatic rings. The molecule has 10 heteroatoms. The number of nitro groups is 1. The summed E-state index contributed by atoms with van der Waals surface area (Å²) in [6.45, 7) is 2.00. The predicted octanol–water partition coefficient (Wildman–Crippen LogP) is 0.0414. The quantitative estimate of drug-likeness (QED) is 0.571. The number of rotatable bonds is 6. The maximum Gasteiger partial charge on any atom is 0.295 e. The fourth-order valence-corrected chi connectivity index (χ4v) is 1.86. The van der Waals surface area contributed by atoms with E-state index in [4.69, 9.17) is 0 Å². The molecule has 1 heterocycles. The highest BCUT2D eigenvalue weighted by molar-refractivity contribution is 5.97. The molecule has 0 radical (unpaired) electrons. The van der Waals surface area contributed by atoms with E-state index in [1.807, 2.05) is 0 Å². The van der Waals surface area contributed by atoms with Crippen molar-refractivity contribution in [1.82, 2.24) is 25.4 Å². The van der Waals surface area contributed by atoms with Crippen LogP contribution in [-0.2, 0) is 4.79 Å². The molecule has 0 bridgehead atoms. The average molecular weight is 318 g/mol. The number of hydrogen-bond acceptors (Lipinski definition) is 6. The summed E-state index contributed by atoms with van der Waals surface area (Å²) in [6.07, 6.45) is 2.56. The molecule has 0 aliphatic heterocycles. The number of aromatic nitrogens is 3. The minimum atomic E-state index is -0.614. The average Bonchev–Trinajstić information content (AvgIpc) is 3.06. The van der Waals surface area contributed by atoms with Crippen LogP contribution in [-0.4, -0.2) is 44.6 Å². The van der Waals surface area contributed by atoms with Gasteiger partial charge in [0.2, 0.25) is 5.91 Å². The Kier molecular flexibility index (Phi) is 4.97. The molecule has 0 unspecified atom stereocenters. The summed E-state index contributed by atoms with van der Waals surface area (Å²) in [5, 5.41) is 19.9. The van der Waals surface area contributed by atoms with Crippen LogP contribution in [0.5, 0.6) is 0 Å². The van der Waals surface area contributed by atoms with Gasteiger partial charge >= 0.3 is 0 Å². The zero-order valence-corrected chi connectivity index (χ0v) is 12.2. The lowest BCUT2D eigenvalue weighted by atomic mass is 10.1. The Morgan fingerprint density at radius 3 is 2.74 bits per heavy atom. The van der Waals surface area contributed by atoms with Gasteiger partial charge in [0, 0.05) is 18.2 Å². The molecule has 0 saturated heterocycles. The normalized spacial score (nSPS) is 10.1. The third-order valence-electron chi connectivity index (χ3n) is 2.88. The predicted molar refractivity (Wildman–Crippen MR) is 79.0 cm³/mol. The number of hydrogen-bond donors (Lipinski definition) is 2. The largest absolute Gasteiger partial charge is 0.355 e. The number of nitro benzene ring substituents is 1. The number of carbonyl (C=O) groups excluding carboxylic acids is 2. The van der Waals surface area contributed by atoms with Crippen LogP contribution in [0.3, 0.4) is 0 Å². The third kappa shape index (κ3) is 3.87. The van der Waals surface area contributed by atoms with E-state index in [0.717, 1.165) is 6.07 Å². The lowest BCUT2D eigenvalue weighted by molar-refractivity contribution is -0.384. The van der Waals surface area contributed by atoms with E-state index >= 15 is 0 Å². The molecule has 1 aromatic heterocycles. The smallest absolute Gasteiger partial charge is 0.295 e. The van der Waals surface area contributed by atoms with Crippen LogP contribution in [0.15, 0.2) is 30.9 Å². The van der Waals surface area contributed by atoms with Gasteiger partial charge in [-0.15, -0.1) is 0 Å². The molecule has 120 valence electrons. The van der Waals surface area contributed by atoms with Crippen molar-refractivity contribution in [2.75, 3.05) is 13.1 Å². The van der Waals surface area contributed by atoms with Crippen LogP contribution >= 0.6 is 0 Å². The zero-order valence-electron chi connectivity index (χ0n) is 12.2. The van der Waals surface area contributed by atoms with Crippen molar-refractivity contribution in [2.45, 2.75) is 6.92 Å². The Bertz CT molecular complexity index is 728. The zero-order chi connectivity index (χ0) is 16.8. The molecule has 0 saturated carbocycles. The second-order valence-electron chi connectivity index (χ2n) is 4.44. The monoisotopic (exact) mass is 318 g/mol. The molecule has 2 rings (SSSR count). The number of carbonyl (C=O) groups is 2. The molecule has 23 heavy (non-hydrogen) atoms. The minimum absolute atomic E-state index is 0.0739. The molecule has 0 atom stereocenters. The van der Waals surface area contributed by atoms with E-state index in [0.29, 0.717) is 6.54 Å². The van der Waals surface area contributed by atoms with Crippen molar-refractivity contribution in [3.8, 4) is 5.69 Å². The van der Waals surface area contributed by atoms with Gasteiger partial charge in [0.25, 0.3) is 11.6 Å². The lowest BCUT2D eigenvalue weighted by Gasteiger charge is -2.07. The van der Waals surface area contributed by atoms with Crippen LogP contribution in [0.2, 0.25) is 0 Å². The molecule has 10 nitrogen and oxygen atoms in total. The fraction of sp³-hybridized carbons (Fsp3) is 0.231. The lowest BCUT2D eigenvalue weighted by Crippen LogP contribution is -2.36. The van der Waals surface area contributed by atoms with E-state index in [9.17, 15) is 19.7 Å². The van der Waals surface area contributed by atoms with Gasteiger partial charge in [0.15, 0.2) is 0 Å². The SMILES string of the molecule is CCNC(=O)CNC(=O)c1ccc(-n2cncn2)c([N+](=O)[O-])c1. The first kappa shape index (κ1) is 16.1. The Labute approximate surface area is 130 Å². The molecule has 2 amide bonds. The minimum Gasteiger partial charge on any atom is -0.355 e.